The van der Waals surface area contributed by atoms with Gasteiger partial charge in [-0.05, 0) is 31.9 Å². The Balaban J connectivity index is 2.04. The van der Waals surface area contributed by atoms with E-state index in [2.05, 4.69) is 21.9 Å². The van der Waals surface area contributed by atoms with Gasteiger partial charge in [-0.25, -0.2) is 13.8 Å². The van der Waals surface area contributed by atoms with Crippen LogP contribution in [0.4, 0.5) is 14.5 Å². The molecule has 0 N–H and O–H groups in total. The second-order valence-electron chi connectivity index (χ2n) is 5.53. The molecule has 1 fully saturated rings. The number of aryl methyl sites for hydroxylation is 1. The molecule has 0 unspecified atom stereocenters. The van der Waals surface area contributed by atoms with Gasteiger partial charge in [-0.3, -0.25) is 0 Å². The highest BCUT2D eigenvalue weighted by atomic mass is 32.1. The average molecular weight is 308 g/mol. The van der Waals surface area contributed by atoms with Crippen LogP contribution in [0.5, 0.6) is 0 Å². The van der Waals surface area contributed by atoms with Gasteiger partial charge in [-0.15, -0.1) is 11.3 Å². The van der Waals surface area contributed by atoms with Crippen LogP contribution in [-0.2, 0) is 0 Å². The standard InChI is InChI=1S/C16H18F2N2S/c1-11-10-21-16(20(11)13-5-3-2-4-6-13)19-15-8-7-12(17)9-14(15)18/h7-10,13H,2-6H2,1H3. The molecular weight excluding hydrogens is 290 g/mol. The molecule has 1 aromatic carbocycles. The van der Waals surface area contributed by atoms with Crippen molar-refractivity contribution in [2.24, 2.45) is 4.99 Å². The summed E-state index contributed by atoms with van der Waals surface area (Å²) < 4.78 is 29.0. The summed E-state index contributed by atoms with van der Waals surface area (Å²) in [5.41, 5.74) is 1.36. The van der Waals surface area contributed by atoms with Gasteiger partial charge in [0.25, 0.3) is 0 Å². The Hall–Kier alpha value is -1.49. The predicted molar refractivity (Wildman–Crippen MR) is 80.7 cm³/mol. The van der Waals surface area contributed by atoms with Crippen LogP contribution in [0.15, 0.2) is 28.6 Å². The van der Waals surface area contributed by atoms with Crippen LogP contribution in [0.3, 0.4) is 0 Å². The van der Waals surface area contributed by atoms with E-state index < -0.39 is 11.6 Å². The second kappa shape index (κ2) is 6.10. The van der Waals surface area contributed by atoms with Crippen molar-refractivity contribution in [3.8, 4) is 0 Å². The zero-order chi connectivity index (χ0) is 14.8. The highest BCUT2D eigenvalue weighted by molar-refractivity contribution is 7.07. The summed E-state index contributed by atoms with van der Waals surface area (Å²) in [6.07, 6.45) is 6.06. The van der Waals surface area contributed by atoms with Gasteiger partial charge in [0.1, 0.15) is 11.5 Å². The smallest absolute Gasteiger partial charge is 0.190 e. The minimum atomic E-state index is -0.615. The van der Waals surface area contributed by atoms with E-state index in [0.717, 1.165) is 29.4 Å². The summed E-state index contributed by atoms with van der Waals surface area (Å²) in [5.74, 6) is -1.19. The van der Waals surface area contributed by atoms with Crippen LogP contribution < -0.4 is 4.80 Å². The van der Waals surface area contributed by atoms with Crippen LogP contribution in [-0.4, -0.2) is 4.57 Å². The van der Waals surface area contributed by atoms with E-state index in [1.165, 1.54) is 42.7 Å². The van der Waals surface area contributed by atoms with Crippen molar-refractivity contribution >= 4 is 17.0 Å². The third-order valence-corrected chi connectivity index (χ3v) is 4.94. The first kappa shape index (κ1) is 14.4. The lowest BCUT2D eigenvalue weighted by Crippen LogP contribution is -2.23. The summed E-state index contributed by atoms with van der Waals surface area (Å²) in [7, 11) is 0. The number of benzene rings is 1. The molecule has 1 aliphatic rings. The summed E-state index contributed by atoms with van der Waals surface area (Å²) >= 11 is 1.51. The van der Waals surface area contributed by atoms with Crippen LogP contribution in [0.2, 0.25) is 0 Å². The number of rotatable bonds is 2. The lowest BCUT2D eigenvalue weighted by atomic mass is 9.95. The third-order valence-electron chi connectivity index (χ3n) is 3.99. The molecule has 1 aromatic heterocycles. The van der Waals surface area contributed by atoms with Crippen LogP contribution in [0.25, 0.3) is 0 Å². The highest BCUT2D eigenvalue weighted by Gasteiger charge is 2.18. The fraction of sp³-hybridized carbons (Fsp3) is 0.438. The highest BCUT2D eigenvalue weighted by Crippen LogP contribution is 2.29. The lowest BCUT2D eigenvalue weighted by Gasteiger charge is -2.24. The minimum Gasteiger partial charge on any atom is -0.318 e. The molecule has 21 heavy (non-hydrogen) atoms. The molecule has 5 heteroatoms. The first-order valence-corrected chi connectivity index (χ1v) is 8.19. The normalized spacial score (nSPS) is 17.4. The molecule has 1 heterocycles. The van der Waals surface area contributed by atoms with Crippen molar-refractivity contribution in [1.82, 2.24) is 4.57 Å². The van der Waals surface area contributed by atoms with Gasteiger partial charge < -0.3 is 4.57 Å². The molecule has 3 rings (SSSR count). The maximum atomic E-state index is 13.8. The summed E-state index contributed by atoms with van der Waals surface area (Å²) in [6, 6.07) is 3.97. The Labute approximate surface area is 126 Å². The van der Waals surface area contributed by atoms with E-state index in [4.69, 9.17) is 0 Å². The predicted octanol–water partition coefficient (Wildman–Crippen LogP) is 4.87. The summed E-state index contributed by atoms with van der Waals surface area (Å²) in [4.78, 5) is 5.21. The molecule has 0 spiro atoms. The number of nitrogens with zero attached hydrogens (tertiary/aromatic N) is 2. The number of hydrogen-bond acceptors (Lipinski definition) is 2. The lowest BCUT2D eigenvalue weighted by molar-refractivity contribution is 0.344. The van der Waals surface area contributed by atoms with E-state index in [1.807, 2.05) is 0 Å². The zero-order valence-electron chi connectivity index (χ0n) is 12.0. The van der Waals surface area contributed by atoms with E-state index in [0.29, 0.717) is 6.04 Å². The fourth-order valence-corrected chi connectivity index (χ4v) is 3.89. The van der Waals surface area contributed by atoms with Gasteiger partial charge in [0.15, 0.2) is 10.6 Å². The Morgan fingerprint density at radius 2 is 1.95 bits per heavy atom. The first-order chi connectivity index (χ1) is 10.1. The molecule has 2 aromatic rings. The SMILES string of the molecule is Cc1csc(=Nc2ccc(F)cc2F)n1C1CCCCC1. The fourth-order valence-electron chi connectivity index (χ4n) is 2.94. The van der Waals surface area contributed by atoms with Crippen molar-refractivity contribution in [1.29, 1.82) is 0 Å². The van der Waals surface area contributed by atoms with Gasteiger partial charge in [-0.2, -0.15) is 0 Å². The maximum Gasteiger partial charge on any atom is 0.190 e. The van der Waals surface area contributed by atoms with Crippen molar-refractivity contribution in [2.45, 2.75) is 45.1 Å². The second-order valence-corrected chi connectivity index (χ2v) is 6.37. The molecule has 0 aliphatic heterocycles. The molecule has 0 atom stereocenters. The van der Waals surface area contributed by atoms with Crippen molar-refractivity contribution in [2.75, 3.05) is 0 Å². The van der Waals surface area contributed by atoms with E-state index in [-0.39, 0.29) is 5.69 Å². The minimum absolute atomic E-state index is 0.197. The number of hydrogen-bond donors (Lipinski definition) is 0. The number of halogens is 2. The molecular formula is C16H18F2N2S. The van der Waals surface area contributed by atoms with Gasteiger partial charge in [0.05, 0.1) is 0 Å². The first-order valence-electron chi connectivity index (χ1n) is 7.31. The Kier molecular flexibility index (Phi) is 4.19. The molecule has 112 valence electrons. The zero-order valence-corrected chi connectivity index (χ0v) is 12.8. The Morgan fingerprint density at radius 3 is 2.67 bits per heavy atom. The van der Waals surface area contributed by atoms with Crippen molar-refractivity contribution in [3.63, 3.8) is 0 Å². The van der Waals surface area contributed by atoms with Gasteiger partial charge >= 0.3 is 0 Å². The summed E-state index contributed by atoms with van der Waals surface area (Å²) in [6.45, 7) is 2.06. The molecule has 0 bridgehead atoms. The van der Waals surface area contributed by atoms with Gasteiger partial charge in [0.2, 0.25) is 0 Å². The quantitative estimate of drug-likeness (QED) is 0.753. The van der Waals surface area contributed by atoms with Gasteiger partial charge in [0, 0.05) is 23.2 Å². The molecule has 0 saturated heterocycles. The van der Waals surface area contributed by atoms with Crippen LogP contribution >= 0.6 is 11.3 Å². The van der Waals surface area contributed by atoms with Crippen LogP contribution in [0, 0.1) is 18.6 Å². The largest absolute Gasteiger partial charge is 0.318 e. The molecule has 0 radical (unpaired) electrons. The average Bonchev–Trinajstić information content (AvgIpc) is 2.84. The van der Waals surface area contributed by atoms with E-state index >= 15 is 0 Å². The topological polar surface area (TPSA) is 17.3 Å². The molecule has 2 nitrogen and oxygen atoms in total. The van der Waals surface area contributed by atoms with Crippen molar-refractivity contribution in [3.05, 3.63) is 45.7 Å². The molecule has 1 aliphatic carbocycles. The Morgan fingerprint density at radius 1 is 1.19 bits per heavy atom. The van der Waals surface area contributed by atoms with E-state index in [9.17, 15) is 8.78 Å². The Bertz CT molecular complexity index is 697. The van der Waals surface area contributed by atoms with Crippen molar-refractivity contribution < 1.29 is 8.78 Å². The van der Waals surface area contributed by atoms with E-state index in [1.54, 1.807) is 0 Å². The van der Waals surface area contributed by atoms with Crippen LogP contribution in [0.1, 0.15) is 43.8 Å². The van der Waals surface area contributed by atoms with Gasteiger partial charge in [-0.1, -0.05) is 19.3 Å². The number of aromatic nitrogens is 1. The molecule has 1 saturated carbocycles. The third kappa shape index (κ3) is 3.07. The number of thiazole rings is 1. The maximum absolute atomic E-state index is 13.8. The monoisotopic (exact) mass is 308 g/mol. The summed E-state index contributed by atoms with van der Waals surface area (Å²) in [5, 5.41) is 2.05. The molecule has 0 amide bonds.